The van der Waals surface area contributed by atoms with Crippen molar-refractivity contribution in [3.05, 3.63) is 53.1 Å². The number of sulfonamides is 1. The number of anilines is 1. The fourth-order valence-electron chi connectivity index (χ4n) is 4.13. The van der Waals surface area contributed by atoms with Gasteiger partial charge in [0, 0.05) is 18.8 Å². The molecule has 0 spiro atoms. The number of primary sulfonamides is 1. The molecular weight excluding hydrogens is 445 g/mol. The number of piperidine rings is 1. The fraction of sp³-hybridized carbons (Fsp3) is 0.350. The lowest BCUT2D eigenvalue weighted by atomic mass is 9.88. The topological polar surface area (TPSA) is 118 Å². The van der Waals surface area contributed by atoms with Crippen LogP contribution in [-0.4, -0.2) is 42.1 Å². The number of benzene rings is 2. The molecule has 1 saturated heterocycles. The maximum Gasteiger partial charge on any atom is 0.417 e. The number of nitrogens with two attached hydrogens (primary N) is 1. The summed E-state index contributed by atoms with van der Waals surface area (Å²) in [6, 6.07) is 10.2. The highest BCUT2D eigenvalue weighted by molar-refractivity contribution is 7.89. The third kappa shape index (κ3) is 4.32. The summed E-state index contributed by atoms with van der Waals surface area (Å²) in [6.45, 7) is 3.04. The molecule has 3 aromatic rings. The largest absolute Gasteiger partial charge is 0.417 e. The number of aromatic amines is 1. The molecule has 0 saturated carbocycles. The predicted octanol–water partition coefficient (Wildman–Crippen LogP) is 3.23. The van der Waals surface area contributed by atoms with E-state index >= 15 is 0 Å². The van der Waals surface area contributed by atoms with Crippen molar-refractivity contribution >= 4 is 15.7 Å². The molecule has 8 nitrogen and oxygen atoms in total. The van der Waals surface area contributed by atoms with Crippen molar-refractivity contribution < 1.29 is 21.6 Å². The lowest BCUT2D eigenvalue weighted by Gasteiger charge is -2.35. The van der Waals surface area contributed by atoms with Crippen molar-refractivity contribution in [2.24, 2.45) is 5.14 Å². The first-order valence-electron chi connectivity index (χ1n) is 9.88. The van der Waals surface area contributed by atoms with Crippen molar-refractivity contribution in [1.29, 1.82) is 0 Å². The fourth-order valence-corrected chi connectivity index (χ4v) is 5.10. The molecule has 4 rings (SSSR count). The van der Waals surface area contributed by atoms with Gasteiger partial charge in [-0.3, -0.25) is 0 Å². The molecule has 1 aliphatic rings. The second-order valence-electron chi connectivity index (χ2n) is 7.79. The van der Waals surface area contributed by atoms with Crippen LogP contribution in [0.3, 0.4) is 0 Å². The lowest BCUT2D eigenvalue weighted by molar-refractivity contribution is -0.139. The van der Waals surface area contributed by atoms with Crippen LogP contribution in [-0.2, 0) is 16.2 Å². The standard InChI is InChI=1S/C20H21F3N6O2S/c1-12-2-4-13(5-3-12)14-8-10-29(11-9-14)16-7-6-15(20(21,22)23)18(32(24,30)31)17(16)19-25-27-28-26-19/h2-7,14H,8-11H2,1H3,(H2,24,30,31)(H,25,26,27,28). The van der Waals surface area contributed by atoms with E-state index in [1.807, 2.05) is 24.0 Å². The molecule has 170 valence electrons. The van der Waals surface area contributed by atoms with Crippen LogP contribution in [0.4, 0.5) is 18.9 Å². The summed E-state index contributed by atoms with van der Waals surface area (Å²) in [5.41, 5.74) is 0.969. The number of hydrogen-bond acceptors (Lipinski definition) is 6. The van der Waals surface area contributed by atoms with Gasteiger partial charge in [0.15, 0.2) is 0 Å². The van der Waals surface area contributed by atoms with E-state index in [0.717, 1.165) is 24.5 Å². The van der Waals surface area contributed by atoms with E-state index in [1.54, 1.807) is 0 Å². The third-order valence-electron chi connectivity index (χ3n) is 5.68. The highest BCUT2D eigenvalue weighted by atomic mass is 32.2. The Labute approximate surface area is 182 Å². The molecule has 0 bridgehead atoms. The Morgan fingerprint density at radius 3 is 2.28 bits per heavy atom. The molecule has 12 heteroatoms. The molecule has 1 aliphatic heterocycles. The summed E-state index contributed by atoms with van der Waals surface area (Å²) in [5.74, 6) is 0.0309. The number of H-pyrrole nitrogens is 1. The monoisotopic (exact) mass is 466 g/mol. The molecule has 3 N–H and O–H groups in total. The highest BCUT2D eigenvalue weighted by Crippen LogP contribution is 2.43. The molecule has 0 amide bonds. The van der Waals surface area contributed by atoms with Crippen LogP contribution < -0.4 is 10.0 Å². The quantitative estimate of drug-likeness (QED) is 0.610. The first-order valence-corrected chi connectivity index (χ1v) is 11.4. The number of tetrazole rings is 1. The summed E-state index contributed by atoms with van der Waals surface area (Å²) in [6.07, 6.45) is -3.43. The Morgan fingerprint density at radius 2 is 1.75 bits per heavy atom. The minimum atomic E-state index is -4.93. The van der Waals surface area contributed by atoms with Crippen LogP contribution in [0.25, 0.3) is 11.4 Å². The Morgan fingerprint density at radius 1 is 1.09 bits per heavy atom. The first kappa shape index (κ1) is 22.2. The van der Waals surface area contributed by atoms with Gasteiger partial charge in [0.2, 0.25) is 15.8 Å². The van der Waals surface area contributed by atoms with Crippen LogP contribution in [0.15, 0.2) is 41.3 Å². The van der Waals surface area contributed by atoms with E-state index in [9.17, 15) is 21.6 Å². The van der Waals surface area contributed by atoms with Gasteiger partial charge in [0.05, 0.1) is 11.1 Å². The second-order valence-corrected chi connectivity index (χ2v) is 9.28. The van der Waals surface area contributed by atoms with Crippen molar-refractivity contribution in [2.45, 2.75) is 36.8 Å². The Hall–Kier alpha value is -2.99. The van der Waals surface area contributed by atoms with E-state index < -0.39 is 26.7 Å². The normalized spacial score (nSPS) is 15.8. The predicted molar refractivity (Wildman–Crippen MR) is 111 cm³/mol. The zero-order chi connectivity index (χ0) is 23.1. The average Bonchev–Trinajstić information content (AvgIpc) is 3.27. The summed E-state index contributed by atoms with van der Waals surface area (Å²) >= 11 is 0. The molecule has 1 aromatic heterocycles. The van der Waals surface area contributed by atoms with E-state index in [2.05, 4.69) is 32.8 Å². The van der Waals surface area contributed by atoms with E-state index in [0.29, 0.717) is 19.0 Å². The number of alkyl halides is 3. The van der Waals surface area contributed by atoms with Gasteiger partial charge in [-0.25, -0.2) is 13.6 Å². The number of rotatable bonds is 4. The van der Waals surface area contributed by atoms with Gasteiger partial charge in [0.25, 0.3) is 0 Å². The third-order valence-corrected chi connectivity index (χ3v) is 6.67. The van der Waals surface area contributed by atoms with Gasteiger partial charge in [-0.1, -0.05) is 29.8 Å². The van der Waals surface area contributed by atoms with Crippen molar-refractivity contribution in [2.75, 3.05) is 18.0 Å². The molecular formula is C20H21F3N6O2S. The van der Waals surface area contributed by atoms with Crippen molar-refractivity contribution in [3.63, 3.8) is 0 Å². The van der Waals surface area contributed by atoms with Gasteiger partial charge in [0.1, 0.15) is 4.90 Å². The summed E-state index contributed by atoms with van der Waals surface area (Å²) in [5, 5.41) is 18.3. The number of aryl methyl sites for hydroxylation is 1. The maximum atomic E-state index is 13.6. The van der Waals surface area contributed by atoms with Crippen LogP contribution in [0, 0.1) is 6.92 Å². The minimum absolute atomic E-state index is 0.268. The molecule has 1 fully saturated rings. The van der Waals surface area contributed by atoms with E-state index in [4.69, 9.17) is 5.14 Å². The molecule has 0 unspecified atom stereocenters. The van der Waals surface area contributed by atoms with Crippen molar-refractivity contribution in [3.8, 4) is 11.4 Å². The van der Waals surface area contributed by atoms with Crippen LogP contribution >= 0.6 is 0 Å². The van der Waals surface area contributed by atoms with Crippen LogP contribution in [0.1, 0.15) is 35.4 Å². The number of hydrogen-bond donors (Lipinski definition) is 2. The number of nitrogens with one attached hydrogen (secondary N) is 1. The number of halogens is 3. The zero-order valence-corrected chi connectivity index (χ0v) is 17.9. The minimum Gasteiger partial charge on any atom is -0.371 e. The Balaban J connectivity index is 1.76. The molecule has 32 heavy (non-hydrogen) atoms. The Kier molecular flexibility index (Phi) is 5.67. The number of aromatic nitrogens is 4. The molecule has 2 aromatic carbocycles. The van der Waals surface area contributed by atoms with E-state index in [1.165, 1.54) is 11.6 Å². The van der Waals surface area contributed by atoms with Crippen molar-refractivity contribution in [1.82, 2.24) is 20.6 Å². The summed E-state index contributed by atoms with van der Waals surface area (Å²) < 4.78 is 65.5. The smallest absolute Gasteiger partial charge is 0.371 e. The van der Waals surface area contributed by atoms with Gasteiger partial charge in [-0.15, -0.1) is 10.2 Å². The Bertz CT molecular complexity index is 1200. The zero-order valence-electron chi connectivity index (χ0n) is 17.1. The van der Waals surface area contributed by atoms with Gasteiger partial charge in [-0.2, -0.15) is 18.4 Å². The molecule has 0 aliphatic carbocycles. The SMILES string of the molecule is Cc1ccc(C2CCN(c3ccc(C(F)(F)F)c(S(N)(=O)=O)c3-c3nn[nH]n3)CC2)cc1. The average molecular weight is 466 g/mol. The van der Waals surface area contributed by atoms with Crippen LogP contribution in [0.5, 0.6) is 0 Å². The van der Waals surface area contributed by atoms with Gasteiger partial charge in [-0.05, 0) is 48.6 Å². The first-order chi connectivity index (χ1) is 15.1. The molecule has 0 atom stereocenters. The summed E-state index contributed by atoms with van der Waals surface area (Å²) in [7, 11) is -4.76. The van der Waals surface area contributed by atoms with Crippen LogP contribution in [0.2, 0.25) is 0 Å². The maximum absolute atomic E-state index is 13.6. The van der Waals surface area contributed by atoms with Gasteiger partial charge < -0.3 is 4.90 Å². The highest BCUT2D eigenvalue weighted by Gasteiger charge is 2.40. The molecule has 0 radical (unpaired) electrons. The molecule has 2 heterocycles. The number of nitrogens with zero attached hydrogens (tertiary/aromatic N) is 4. The summed E-state index contributed by atoms with van der Waals surface area (Å²) in [4.78, 5) is 0.787. The lowest BCUT2D eigenvalue weighted by Crippen LogP contribution is -2.34. The van der Waals surface area contributed by atoms with E-state index in [-0.39, 0.29) is 17.1 Å². The second kappa shape index (κ2) is 8.17. The van der Waals surface area contributed by atoms with Gasteiger partial charge >= 0.3 is 6.18 Å².